The molecule has 1 aromatic heterocycles. The summed E-state index contributed by atoms with van der Waals surface area (Å²) in [7, 11) is 0. The number of carboxylic acid groups (broad SMARTS) is 1. The van der Waals surface area contributed by atoms with Gasteiger partial charge in [-0.2, -0.15) is 0 Å². The average molecular weight is 292 g/mol. The highest BCUT2D eigenvalue weighted by molar-refractivity contribution is 7.15. The van der Waals surface area contributed by atoms with Crippen molar-refractivity contribution in [3.8, 4) is 0 Å². The maximum Gasteiger partial charge on any atom is 0.312 e. The Morgan fingerprint density at radius 1 is 1.50 bits per heavy atom. The van der Waals surface area contributed by atoms with Crippen LogP contribution in [0, 0.1) is 5.82 Å². The van der Waals surface area contributed by atoms with Gasteiger partial charge in [0, 0.05) is 10.6 Å². The van der Waals surface area contributed by atoms with Crippen molar-refractivity contribution in [2.45, 2.75) is 25.2 Å². The van der Waals surface area contributed by atoms with Gasteiger partial charge in [-0.3, -0.25) is 4.79 Å². The zero-order chi connectivity index (χ0) is 14.1. The van der Waals surface area contributed by atoms with Crippen molar-refractivity contribution in [1.82, 2.24) is 4.98 Å². The molecule has 2 aromatic rings. The van der Waals surface area contributed by atoms with E-state index in [4.69, 9.17) is 0 Å². The van der Waals surface area contributed by atoms with E-state index in [0.717, 1.165) is 17.7 Å². The van der Waals surface area contributed by atoms with E-state index < -0.39 is 11.9 Å². The largest absolute Gasteiger partial charge is 0.481 e. The molecule has 0 radical (unpaired) electrons. The van der Waals surface area contributed by atoms with E-state index in [-0.39, 0.29) is 5.82 Å². The number of nitrogens with one attached hydrogen (secondary N) is 1. The number of thiazole rings is 1. The summed E-state index contributed by atoms with van der Waals surface area (Å²) in [5.74, 6) is -1.66. The Bertz CT molecular complexity index is 656. The fourth-order valence-corrected chi connectivity index (χ4v) is 3.49. The van der Waals surface area contributed by atoms with Gasteiger partial charge < -0.3 is 10.4 Å². The molecular formula is C14H13FN2O2S. The van der Waals surface area contributed by atoms with Gasteiger partial charge in [0.25, 0.3) is 0 Å². The van der Waals surface area contributed by atoms with E-state index in [9.17, 15) is 14.3 Å². The van der Waals surface area contributed by atoms with Crippen LogP contribution in [0.1, 0.15) is 29.3 Å². The lowest BCUT2D eigenvalue weighted by Crippen LogP contribution is -2.17. The van der Waals surface area contributed by atoms with Crippen LogP contribution in [-0.2, 0) is 11.2 Å². The number of fused-ring (bicyclic) bond motifs is 1. The van der Waals surface area contributed by atoms with Crippen molar-refractivity contribution in [2.75, 3.05) is 5.32 Å². The van der Waals surface area contributed by atoms with Crippen molar-refractivity contribution < 1.29 is 14.3 Å². The Morgan fingerprint density at radius 3 is 3.10 bits per heavy atom. The molecule has 0 saturated carbocycles. The van der Waals surface area contributed by atoms with Crippen LogP contribution in [0.15, 0.2) is 24.3 Å². The summed E-state index contributed by atoms with van der Waals surface area (Å²) in [5, 5.41) is 12.9. The summed E-state index contributed by atoms with van der Waals surface area (Å²) >= 11 is 1.45. The number of hydrogen-bond acceptors (Lipinski definition) is 4. The van der Waals surface area contributed by atoms with E-state index in [2.05, 4.69) is 10.3 Å². The molecule has 0 fully saturated rings. The third-order valence-corrected chi connectivity index (χ3v) is 4.37. The summed E-state index contributed by atoms with van der Waals surface area (Å²) < 4.78 is 13.1. The van der Waals surface area contributed by atoms with Crippen molar-refractivity contribution in [3.05, 3.63) is 40.7 Å². The predicted molar refractivity (Wildman–Crippen MR) is 75.1 cm³/mol. The highest BCUT2D eigenvalue weighted by atomic mass is 32.1. The third-order valence-electron chi connectivity index (χ3n) is 3.33. The second kappa shape index (κ2) is 5.20. The van der Waals surface area contributed by atoms with Crippen LogP contribution in [0.5, 0.6) is 0 Å². The van der Waals surface area contributed by atoms with Gasteiger partial charge in [-0.15, -0.1) is 11.3 Å². The fourth-order valence-electron chi connectivity index (χ4n) is 2.40. The van der Waals surface area contributed by atoms with Crippen LogP contribution in [0.3, 0.4) is 0 Å². The van der Waals surface area contributed by atoms with E-state index in [1.165, 1.54) is 23.5 Å². The van der Waals surface area contributed by atoms with Gasteiger partial charge in [0.15, 0.2) is 5.13 Å². The molecule has 0 spiro atoms. The molecule has 0 amide bonds. The molecule has 3 rings (SSSR count). The summed E-state index contributed by atoms with van der Waals surface area (Å²) in [6.07, 6.45) is 2.36. The molecule has 1 atom stereocenters. The van der Waals surface area contributed by atoms with Crippen molar-refractivity contribution in [1.29, 1.82) is 0 Å². The highest BCUT2D eigenvalue weighted by Gasteiger charge is 2.29. The minimum Gasteiger partial charge on any atom is -0.481 e. The first-order chi connectivity index (χ1) is 9.63. The second-order valence-electron chi connectivity index (χ2n) is 4.75. The number of carboxylic acids is 1. The minimum atomic E-state index is -0.825. The summed E-state index contributed by atoms with van der Waals surface area (Å²) in [5.41, 5.74) is 1.27. The van der Waals surface area contributed by atoms with Gasteiger partial charge in [-0.1, -0.05) is 6.07 Å². The number of aromatic nitrogens is 1. The lowest BCUT2D eigenvalue weighted by atomic mass is 9.91. The molecule has 0 aliphatic heterocycles. The Labute approximate surface area is 119 Å². The Morgan fingerprint density at radius 2 is 2.35 bits per heavy atom. The van der Waals surface area contributed by atoms with Gasteiger partial charge in [-0.05, 0) is 37.5 Å². The molecule has 6 heteroatoms. The van der Waals surface area contributed by atoms with Gasteiger partial charge in [0.2, 0.25) is 0 Å². The first-order valence-electron chi connectivity index (χ1n) is 6.38. The van der Waals surface area contributed by atoms with Crippen LogP contribution in [0.4, 0.5) is 15.2 Å². The standard InChI is InChI=1S/C14H13FN2O2S/c15-8-3-1-4-9(7-8)16-14-17-12-10(13(18)19)5-2-6-11(12)20-14/h1,3-4,7,10H,2,5-6H2,(H,16,17)(H,18,19). The number of aryl methyl sites for hydroxylation is 1. The van der Waals surface area contributed by atoms with Crippen LogP contribution < -0.4 is 5.32 Å². The molecule has 0 saturated heterocycles. The Balaban J connectivity index is 1.87. The quantitative estimate of drug-likeness (QED) is 0.908. The number of nitrogens with zero attached hydrogens (tertiary/aromatic N) is 1. The number of halogens is 1. The Hall–Kier alpha value is -1.95. The Kier molecular flexibility index (Phi) is 3.40. The van der Waals surface area contributed by atoms with E-state index >= 15 is 0 Å². The molecule has 20 heavy (non-hydrogen) atoms. The maximum absolute atomic E-state index is 13.1. The summed E-state index contributed by atoms with van der Waals surface area (Å²) in [6, 6.07) is 6.12. The molecule has 104 valence electrons. The smallest absolute Gasteiger partial charge is 0.312 e. The monoisotopic (exact) mass is 292 g/mol. The molecule has 1 aliphatic rings. The average Bonchev–Trinajstić information content (AvgIpc) is 2.80. The van der Waals surface area contributed by atoms with Gasteiger partial charge in [0.05, 0.1) is 5.69 Å². The van der Waals surface area contributed by atoms with Gasteiger partial charge >= 0.3 is 5.97 Å². The number of aliphatic carboxylic acids is 1. The number of anilines is 2. The fraction of sp³-hybridized carbons (Fsp3) is 0.286. The topological polar surface area (TPSA) is 62.2 Å². The normalized spacial score (nSPS) is 17.6. The van der Waals surface area contributed by atoms with Crippen LogP contribution in [0.2, 0.25) is 0 Å². The highest BCUT2D eigenvalue weighted by Crippen LogP contribution is 2.37. The van der Waals surface area contributed by atoms with Crippen LogP contribution in [0.25, 0.3) is 0 Å². The zero-order valence-corrected chi connectivity index (χ0v) is 11.4. The molecule has 4 nitrogen and oxygen atoms in total. The van der Waals surface area contributed by atoms with Crippen molar-refractivity contribution >= 4 is 28.1 Å². The number of benzene rings is 1. The number of hydrogen-bond donors (Lipinski definition) is 2. The number of carbonyl (C=O) groups is 1. The molecule has 1 heterocycles. The lowest BCUT2D eigenvalue weighted by molar-refractivity contribution is -0.139. The van der Waals surface area contributed by atoms with Gasteiger partial charge in [-0.25, -0.2) is 9.37 Å². The first kappa shape index (κ1) is 13.1. The number of rotatable bonds is 3. The van der Waals surface area contributed by atoms with E-state index in [1.54, 1.807) is 12.1 Å². The predicted octanol–water partition coefficient (Wildman–Crippen LogP) is 3.53. The lowest BCUT2D eigenvalue weighted by Gasteiger charge is -2.16. The van der Waals surface area contributed by atoms with Crippen LogP contribution >= 0.6 is 11.3 Å². The molecule has 1 unspecified atom stereocenters. The van der Waals surface area contributed by atoms with E-state index in [1.807, 2.05) is 0 Å². The zero-order valence-electron chi connectivity index (χ0n) is 10.6. The molecule has 2 N–H and O–H groups in total. The SMILES string of the molecule is O=C(O)C1CCCc2sc(Nc3cccc(F)c3)nc21. The van der Waals surface area contributed by atoms with Crippen molar-refractivity contribution in [2.24, 2.45) is 0 Å². The molecule has 1 aromatic carbocycles. The minimum absolute atomic E-state index is 0.320. The second-order valence-corrected chi connectivity index (χ2v) is 5.83. The molecule has 0 bridgehead atoms. The first-order valence-corrected chi connectivity index (χ1v) is 7.20. The third kappa shape index (κ3) is 2.51. The van der Waals surface area contributed by atoms with Crippen molar-refractivity contribution in [3.63, 3.8) is 0 Å². The van der Waals surface area contributed by atoms with Gasteiger partial charge in [0.1, 0.15) is 11.7 Å². The summed E-state index contributed by atoms with van der Waals surface area (Å²) in [6.45, 7) is 0. The summed E-state index contributed by atoms with van der Waals surface area (Å²) in [4.78, 5) is 16.6. The van der Waals surface area contributed by atoms with Crippen LogP contribution in [-0.4, -0.2) is 16.1 Å². The maximum atomic E-state index is 13.1. The molecule has 1 aliphatic carbocycles. The molecular weight excluding hydrogens is 279 g/mol. The van der Waals surface area contributed by atoms with E-state index in [0.29, 0.717) is 22.9 Å².